The van der Waals surface area contributed by atoms with Crippen LogP contribution < -0.4 is 10.1 Å². The average molecular weight is 366 g/mol. The molecule has 0 aromatic heterocycles. The summed E-state index contributed by atoms with van der Waals surface area (Å²) in [5, 5.41) is 2.66. The van der Waals surface area contributed by atoms with Crippen LogP contribution >= 0.6 is 0 Å². The SMILES string of the molecule is COc1cc(S(=O)(=O)N2CCC[C@H]3CCCC[C@H]32)ccc1NC(C)=O. The van der Waals surface area contributed by atoms with Crippen LogP contribution in [0.1, 0.15) is 45.4 Å². The predicted molar refractivity (Wildman–Crippen MR) is 96.2 cm³/mol. The Morgan fingerprint density at radius 1 is 1.20 bits per heavy atom. The predicted octanol–water partition coefficient (Wildman–Crippen LogP) is 3.00. The Bertz CT molecular complexity index is 745. The van der Waals surface area contributed by atoms with Crippen LogP contribution in [-0.4, -0.2) is 38.3 Å². The highest BCUT2D eigenvalue weighted by molar-refractivity contribution is 7.89. The molecule has 2 fully saturated rings. The van der Waals surface area contributed by atoms with Gasteiger partial charge in [-0.15, -0.1) is 0 Å². The molecule has 1 amide bonds. The van der Waals surface area contributed by atoms with Crippen molar-refractivity contribution in [2.45, 2.75) is 56.4 Å². The maximum absolute atomic E-state index is 13.2. The number of nitrogens with zero attached hydrogens (tertiary/aromatic N) is 1. The maximum Gasteiger partial charge on any atom is 0.243 e. The molecule has 3 rings (SSSR count). The third-order valence-electron chi connectivity index (χ3n) is 5.28. The molecule has 1 saturated carbocycles. The van der Waals surface area contributed by atoms with Crippen LogP contribution in [0, 0.1) is 5.92 Å². The van der Waals surface area contributed by atoms with Crippen molar-refractivity contribution in [2.75, 3.05) is 19.0 Å². The zero-order chi connectivity index (χ0) is 18.0. The monoisotopic (exact) mass is 366 g/mol. The second-order valence-corrected chi connectivity index (χ2v) is 8.80. The lowest BCUT2D eigenvalue weighted by Crippen LogP contribution is -2.49. The maximum atomic E-state index is 13.2. The first kappa shape index (κ1) is 18.2. The average Bonchev–Trinajstić information content (AvgIpc) is 2.61. The van der Waals surface area contributed by atoms with Gasteiger partial charge in [0.25, 0.3) is 0 Å². The standard InChI is InChI=1S/C18H26N2O4S/c1-13(21)19-16-10-9-15(12-18(16)24-2)25(22,23)20-11-5-7-14-6-3-4-8-17(14)20/h9-10,12,14,17H,3-8,11H2,1-2H3,(H,19,21)/t14-,17-/m1/s1. The number of carbonyl (C=O) groups excluding carboxylic acids is 1. The van der Waals surface area contributed by atoms with E-state index in [-0.39, 0.29) is 16.8 Å². The molecule has 1 saturated heterocycles. The molecule has 2 atom stereocenters. The zero-order valence-corrected chi connectivity index (χ0v) is 15.6. The molecular weight excluding hydrogens is 340 g/mol. The molecule has 0 unspecified atom stereocenters. The first-order chi connectivity index (χ1) is 11.9. The molecule has 0 spiro atoms. The van der Waals surface area contributed by atoms with Crippen LogP contribution in [0.15, 0.2) is 23.1 Å². The second-order valence-electron chi connectivity index (χ2n) is 6.91. The van der Waals surface area contributed by atoms with E-state index in [4.69, 9.17) is 4.74 Å². The molecule has 1 aromatic rings. The molecule has 1 aliphatic heterocycles. The first-order valence-corrected chi connectivity index (χ1v) is 10.3. The fourth-order valence-electron chi connectivity index (χ4n) is 4.14. The van der Waals surface area contributed by atoms with Crippen LogP contribution in [-0.2, 0) is 14.8 Å². The van der Waals surface area contributed by atoms with E-state index < -0.39 is 10.0 Å². The summed E-state index contributed by atoms with van der Waals surface area (Å²) in [5.74, 6) is 0.612. The highest BCUT2D eigenvalue weighted by Gasteiger charge is 2.40. The van der Waals surface area contributed by atoms with Crippen molar-refractivity contribution in [1.29, 1.82) is 0 Å². The van der Waals surface area contributed by atoms with Crippen molar-refractivity contribution < 1.29 is 17.9 Å². The summed E-state index contributed by atoms with van der Waals surface area (Å²) < 4.78 is 33.4. The van der Waals surface area contributed by atoms with Gasteiger partial charge in [-0.3, -0.25) is 4.79 Å². The lowest BCUT2D eigenvalue weighted by molar-refractivity contribution is -0.114. The van der Waals surface area contributed by atoms with Crippen LogP contribution in [0.2, 0.25) is 0 Å². The summed E-state index contributed by atoms with van der Waals surface area (Å²) in [6.07, 6.45) is 6.42. The molecule has 0 radical (unpaired) electrons. The third kappa shape index (κ3) is 3.67. The van der Waals surface area contributed by atoms with Gasteiger partial charge in [0.2, 0.25) is 15.9 Å². The van der Waals surface area contributed by atoms with Crippen molar-refractivity contribution in [3.8, 4) is 5.75 Å². The fraction of sp³-hybridized carbons (Fsp3) is 0.611. The summed E-state index contributed by atoms with van der Waals surface area (Å²) >= 11 is 0. The Balaban J connectivity index is 1.92. The van der Waals surface area contributed by atoms with Gasteiger partial charge in [0.1, 0.15) is 5.75 Å². The van der Waals surface area contributed by atoms with Gasteiger partial charge in [-0.2, -0.15) is 4.31 Å². The molecule has 1 heterocycles. The lowest BCUT2D eigenvalue weighted by atomic mass is 9.79. The number of anilines is 1. The molecule has 2 aliphatic rings. The van der Waals surface area contributed by atoms with Crippen molar-refractivity contribution in [3.05, 3.63) is 18.2 Å². The number of methoxy groups -OCH3 is 1. The summed E-state index contributed by atoms with van der Waals surface area (Å²) in [7, 11) is -2.10. The highest BCUT2D eigenvalue weighted by atomic mass is 32.2. The number of hydrogen-bond acceptors (Lipinski definition) is 4. The van der Waals surface area contributed by atoms with E-state index in [0.717, 1.165) is 32.1 Å². The fourth-order valence-corrected chi connectivity index (χ4v) is 5.91. The lowest BCUT2D eigenvalue weighted by Gasteiger charge is -2.43. The van der Waals surface area contributed by atoms with Gasteiger partial charge in [-0.05, 0) is 43.7 Å². The number of piperidine rings is 1. The largest absolute Gasteiger partial charge is 0.495 e. The number of carbonyl (C=O) groups is 1. The number of sulfonamides is 1. The Morgan fingerprint density at radius 2 is 1.92 bits per heavy atom. The van der Waals surface area contributed by atoms with E-state index in [9.17, 15) is 13.2 Å². The molecule has 138 valence electrons. The van der Waals surface area contributed by atoms with Crippen molar-refractivity contribution in [1.82, 2.24) is 4.31 Å². The summed E-state index contributed by atoms with van der Waals surface area (Å²) in [6, 6.07) is 4.77. The highest BCUT2D eigenvalue weighted by Crippen LogP contribution is 2.39. The van der Waals surface area contributed by atoms with Gasteiger partial charge in [-0.1, -0.05) is 12.8 Å². The number of amides is 1. The number of fused-ring (bicyclic) bond motifs is 1. The van der Waals surface area contributed by atoms with E-state index in [2.05, 4.69) is 5.32 Å². The van der Waals surface area contributed by atoms with Crippen molar-refractivity contribution in [3.63, 3.8) is 0 Å². The quantitative estimate of drug-likeness (QED) is 0.889. The van der Waals surface area contributed by atoms with Crippen LogP contribution in [0.25, 0.3) is 0 Å². The van der Waals surface area contributed by atoms with Gasteiger partial charge in [0.15, 0.2) is 0 Å². The minimum absolute atomic E-state index is 0.119. The van der Waals surface area contributed by atoms with E-state index in [1.54, 1.807) is 16.4 Å². The molecular formula is C18H26N2O4S. The summed E-state index contributed by atoms with van der Waals surface area (Å²) in [4.78, 5) is 11.5. The summed E-state index contributed by atoms with van der Waals surface area (Å²) in [6.45, 7) is 1.99. The number of hydrogen-bond donors (Lipinski definition) is 1. The molecule has 1 N–H and O–H groups in total. The van der Waals surface area contributed by atoms with Crippen LogP contribution in [0.4, 0.5) is 5.69 Å². The Morgan fingerprint density at radius 3 is 2.64 bits per heavy atom. The van der Waals surface area contributed by atoms with Crippen molar-refractivity contribution >= 4 is 21.6 Å². The molecule has 0 bridgehead atoms. The van der Waals surface area contributed by atoms with Crippen LogP contribution in [0.3, 0.4) is 0 Å². The molecule has 7 heteroatoms. The number of nitrogens with one attached hydrogen (secondary N) is 1. The number of ether oxygens (including phenoxy) is 1. The molecule has 1 aliphatic carbocycles. The Kier molecular flexibility index (Phi) is 5.34. The van der Waals surface area contributed by atoms with Gasteiger partial charge in [0.05, 0.1) is 17.7 Å². The van der Waals surface area contributed by atoms with Crippen molar-refractivity contribution in [2.24, 2.45) is 5.92 Å². The smallest absolute Gasteiger partial charge is 0.243 e. The minimum Gasteiger partial charge on any atom is -0.495 e. The molecule has 1 aromatic carbocycles. The number of benzene rings is 1. The molecule has 25 heavy (non-hydrogen) atoms. The minimum atomic E-state index is -3.57. The number of rotatable bonds is 4. The first-order valence-electron chi connectivity index (χ1n) is 8.91. The van der Waals surface area contributed by atoms with Crippen LogP contribution in [0.5, 0.6) is 5.75 Å². The second kappa shape index (κ2) is 7.33. The van der Waals surface area contributed by atoms with Gasteiger partial charge in [0, 0.05) is 25.6 Å². The summed E-state index contributed by atoms with van der Waals surface area (Å²) in [5.41, 5.74) is 0.475. The van der Waals surface area contributed by atoms with E-state index in [0.29, 0.717) is 23.9 Å². The van der Waals surface area contributed by atoms with E-state index in [1.807, 2.05) is 0 Å². The normalized spacial score (nSPS) is 24.4. The third-order valence-corrected chi connectivity index (χ3v) is 7.20. The zero-order valence-electron chi connectivity index (χ0n) is 14.8. The van der Waals surface area contributed by atoms with E-state index in [1.165, 1.54) is 26.5 Å². The Labute approximate surface area is 149 Å². The van der Waals surface area contributed by atoms with Gasteiger partial charge in [-0.25, -0.2) is 8.42 Å². The van der Waals surface area contributed by atoms with Gasteiger partial charge >= 0.3 is 0 Å². The Hall–Kier alpha value is -1.60. The topological polar surface area (TPSA) is 75.7 Å². The van der Waals surface area contributed by atoms with Gasteiger partial charge < -0.3 is 10.1 Å². The molecule has 6 nitrogen and oxygen atoms in total. The van der Waals surface area contributed by atoms with E-state index >= 15 is 0 Å².